The molecule has 1 aliphatic rings. The summed E-state index contributed by atoms with van der Waals surface area (Å²) in [6.45, 7) is 5.57. The van der Waals surface area contributed by atoms with Gasteiger partial charge in [-0.25, -0.2) is 0 Å². The second-order valence-electron chi connectivity index (χ2n) is 21.2. The van der Waals surface area contributed by atoms with Gasteiger partial charge in [-0.1, -0.05) is 52.0 Å². The van der Waals surface area contributed by atoms with Crippen LogP contribution in [0.4, 0.5) is 0 Å². The molecule has 0 aromatic heterocycles. The first-order chi connectivity index (χ1) is 41.0. The number of nitrogens with two attached hydrogens (primary N) is 2. The zero-order valence-corrected chi connectivity index (χ0v) is 50.3. The largest absolute Gasteiger partial charge is 0.508 e. The summed E-state index contributed by atoms with van der Waals surface area (Å²) < 4.78 is 0. The van der Waals surface area contributed by atoms with Crippen LogP contribution < -0.4 is 64.6 Å². The lowest BCUT2D eigenvalue weighted by molar-refractivity contribution is -0.139. The number of phenolic OH excluding ortho intramolecular Hbond substituents is 2. The molecule has 0 unspecified atom stereocenters. The minimum absolute atomic E-state index is 0.0197. The second-order valence-corrected chi connectivity index (χ2v) is 23.2. The van der Waals surface area contributed by atoms with Gasteiger partial charge in [0.2, 0.25) is 70.9 Å². The van der Waals surface area contributed by atoms with Crippen LogP contribution in [0.1, 0.15) is 83.8 Å². The highest BCUT2D eigenvalue weighted by Gasteiger charge is 2.36. The van der Waals surface area contributed by atoms with Crippen molar-refractivity contribution in [2.24, 2.45) is 23.3 Å². The summed E-state index contributed by atoms with van der Waals surface area (Å²) in [5, 5.41) is 63.7. The molecule has 1 heterocycles. The number of nitrogens with one attached hydrogen (secondary N) is 10. The second kappa shape index (κ2) is 36.3. The number of thioether (sulfide) groups is 2. The third-order valence-electron chi connectivity index (χ3n) is 13.1. The van der Waals surface area contributed by atoms with Crippen molar-refractivity contribution in [3.63, 3.8) is 0 Å². The van der Waals surface area contributed by atoms with E-state index < -0.39 is 188 Å². The fourth-order valence-corrected chi connectivity index (χ4v) is 9.83. The number of rotatable bonds is 19. The third-order valence-corrected chi connectivity index (χ3v) is 14.8. The van der Waals surface area contributed by atoms with Crippen LogP contribution in [0, 0.1) is 11.8 Å². The first kappa shape index (κ1) is 72.6. The van der Waals surface area contributed by atoms with E-state index in [1.165, 1.54) is 74.1 Å². The summed E-state index contributed by atoms with van der Waals surface area (Å²) >= 11 is 2.06. The van der Waals surface area contributed by atoms with Crippen LogP contribution in [0.3, 0.4) is 0 Å². The summed E-state index contributed by atoms with van der Waals surface area (Å²) in [7, 11) is 0. The minimum atomic E-state index is -1.89. The lowest BCUT2D eigenvalue weighted by Gasteiger charge is -2.28. The number of carbonyl (C=O) groups is 14. The number of aromatic hydroxyl groups is 2. The van der Waals surface area contributed by atoms with Crippen LogP contribution in [-0.2, 0) is 80.0 Å². The fourth-order valence-electron chi connectivity index (χ4n) is 8.49. The monoisotopic (exact) mass is 1260 g/mol. The molecule has 0 spiro atoms. The highest BCUT2D eigenvalue weighted by molar-refractivity contribution is 8.00. The van der Waals surface area contributed by atoms with E-state index in [9.17, 15) is 87.5 Å². The van der Waals surface area contributed by atoms with Crippen molar-refractivity contribution in [3.8, 4) is 11.5 Å². The number of carboxylic acid groups (broad SMARTS) is 2. The van der Waals surface area contributed by atoms with Crippen molar-refractivity contribution in [1.29, 1.82) is 0 Å². The molecule has 9 atom stereocenters. The Balaban J connectivity index is 2.18. The summed E-state index contributed by atoms with van der Waals surface area (Å²) in [5.41, 5.74) is 11.9. The van der Waals surface area contributed by atoms with Crippen LogP contribution in [0.15, 0.2) is 48.5 Å². The summed E-state index contributed by atoms with van der Waals surface area (Å²) in [6, 6.07) is -3.48. The van der Waals surface area contributed by atoms with Gasteiger partial charge in [0.15, 0.2) is 0 Å². The number of amides is 12. The van der Waals surface area contributed by atoms with E-state index in [1.54, 1.807) is 20.1 Å². The van der Waals surface area contributed by atoms with Crippen LogP contribution in [-0.4, -0.2) is 188 Å². The van der Waals surface area contributed by atoms with Gasteiger partial charge in [-0.15, -0.1) is 11.8 Å². The highest BCUT2D eigenvalue weighted by Crippen LogP contribution is 2.16. The van der Waals surface area contributed by atoms with Gasteiger partial charge in [0.1, 0.15) is 65.9 Å². The van der Waals surface area contributed by atoms with E-state index in [-0.39, 0.29) is 54.6 Å². The Morgan fingerprint density at radius 1 is 0.540 bits per heavy atom. The Morgan fingerprint density at radius 2 is 0.954 bits per heavy atom. The molecule has 12 amide bonds. The lowest BCUT2D eigenvalue weighted by Crippen LogP contribution is -2.61. The van der Waals surface area contributed by atoms with Crippen molar-refractivity contribution >= 4 is 106 Å². The number of aliphatic carboxylic acids is 2. The van der Waals surface area contributed by atoms with Crippen LogP contribution in [0.5, 0.6) is 11.5 Å². The molecule has 478 valence electrons. The van der Waals surface area contributed by atoms with Gasteiger partial charge in [0.05, 0.1) is 18.7 Å². The van der Waals surface area contributed by atoms with E-state index in [4.69, 9.17) is 11.5 Å². The van der Waals surface area contributed by atoms with E-state index in [1.807, 2.05) is 0 Å². The molecule has 0 bridgehead atoms. The average Bonchev–Trinajstić information content (AvgIpc) is 3.65. The van der Waals surface area contributed by atoms with Crippen molar-refractivity contribution in [2.45, 2.75) is 140 Å². The Labute approximate surface area is 509 Å². The molecule has 2 aromatic rings. The molecule has 0 aliphatic carbocycles. The maximum absolute atomic E-state index is 14.4. The van der Waals surface area contributed by atoms with Gasteiger partial charge >= 0.3 is 11.9 Å². The van der Waals surface area contributed by atoms with Gasteiger partial charge in [-0.05, 0) is 84.9 Å². The third kappa shape index (κ3) is 26.6. The number of hydrogen-bond acceptors (Lipinski definition) is 18. The Hall–Kier alpha value is -8.68. The number of carbonyl (C=O) groups excluding carboxylic acids is 12. The summed E-state index contributed by atoms with van der Waals surface area (Å²) in [6.07, 6.45) is -2.53. The quantitative estimate of drug-likeness (QED) is 0.0654. The molecule has 0 radical (unpaired) electrons. The van der Waals surface area contributed by atoms with Crippen LogP contribution in [0.2, 0.25) is 0 Å². The van der Waals surface area contributed by atoms with E-state index in [0.717, 1.165) is 11.8 Å². The molecule has 18 N–H and O–H groups in total. The topological polar surface area (TPSA) is 492 Å². The molecule has 1 aliphatic heterocycles. The lowest BCUT2D eigenvalue weighted by atomic mass is 9.99. The molecule has 87 heavy (non-hydrogen) atoms. The standard InChI is InChI=1S/C55H78N12O18S2/c1-27(2)20-36-51(81)64-37(21-29-6-10-31(68)11-7-29)52(82)61-34(15-17-45(75)76)49(79)65-39(23-41(56)70)54(84)67-46(28(3)4)55(85)58-24-42(71)59-35(18-19-86-5)50(80)63-38(22-30-8-12-32(69)13-9-30)53(83)66-40(47(57)77)25-87-26-43(72)60-33(48(78)62-36)14-16-44(73)74/h6-13,27-28,33-40,46,68-69H,14-26H2,1-5H3,(H2,56,70)(H2,57,77)(H,58,85)(H,59,71)(H,60,72)(H,61,82)(H,62,78)(H,63,80)(H,64,81)(H,65,79)(H,66,83)(H,67,84)(H,73,74)(H,75,76)/t33-,34-,35-,36-,37-,38-,39-,40-,46-/m0/s1. The number of benzene rings is 2. The molecule has 1 fully saturated rings. The molecular formula is C55H78N12O18S2. The molecule has 2 aromatic carbocycles. The Kier molecular flexibility index (Phi) is 30.3. The maximum atomic E-state index is 14.4. The predicted octanol–water partition coefficient (Wildman–Crippen LogP) is -3.35. The van der Waals surface area contributed by atoms with Crippen molar-refractivity contribution < 1.29 is 87.5 Å². The smallest absolute Gasteiger partial charge is 0.303 e. The van der Waals surface area contributed by atoms with Crippen LogP contribution in [0.25, 0.3) is 0 Å². The molecule has 32 heteroatoms. The first-order valence-electron chi connectivity index (χ1n) is 27.6. The average molecular weight is 1260 g/mol. The number of phenols is 2. The normalized spacial score (nSPS) is 23.4. The summed E-state index contributed by atoms with van der Waals surface area (Å²) in [5.74, 6) is -17.2. The molecular weight excluding hydrogens is 1180 g/mol. The van der Waals surface area contributed by atoms with E-state index in [2.05, 4.69) is 53.2 Å². The van der Waals surface area contributed by atoms with Gasteiger partial charge in [-0.3, -0.25) is 67.1 Å². The molecule has 30 nitrogen and oxygen atoms in total. The molecule has 1 saturated heterocycles. The van der Waals surface area contributed by atoms with E-state index in [0.29, 0.717) is 11.1 Å². The predicted molar refractivity (Wildman–Crippen MR) is 315 cm³/mol. The number of hydrogen-bond donors (Lipinski definition) is 16. The first-order valence-corrected chi connectivity index (χ1v) is 30.1. The number of carboxylic acids is 2. The zero-order chi connectivity index (χ0) is 65.1. The minimum Gasteiger partial charge on any atom is -0.508 e. The Morgan fingerprint density at radius 3 is 1.41 bits per heavy atom. The molecule has 0 saturated carbocycles. The van der Waals surface area contributed by atoms with Gasteiger partial charge in [-0.2, -0.15) is 11.8 Å². The van der Waals surface area contributed by atoms with Crippen molar-refractivity contribution in [2.75, 3.05) is 30.1 Å². The van der Waals surface area contributed by atoms with E-state index >= 15 is 0 Å². The SMILES string of the molecule is CSCC[C@@H]1NC(=O)CNC(=O)[C@H](C(C)C)NC(=O)[C@H](CC(N)=O)NC(=O)[C@H](CCC(=O)O)NC(=O)[C@H](Cc2ccc(O)cc2)NC(=O)[C@H](CC(C)C)NC(=O)[C@H](CCC(=O)O)NC(=O)CSC[C@@H](C(N)=O)NC(=O)[C@H](Cc2ccc(O)cc2)NC1=O. The van der Waals surface area contributed by atoms with Gasteiger partial charge in [0, 0.05) is 31.4 Å². The number of primary amides is 2. The van der Waals surface area contributed by atoms with Crippen LogP contribution >= 0.6 is 23.5 Å². The zero-order valence-electron chi connectivity index (χ0n) is 48.6. The maximum Gasteiger partial charge on any atom is 0.303 e. The summed E-state index contributed by atoms with van der Waals surface area (Å²) in [4.78, 5) is 189. The van der Waals surface area contributed by atoms with Gasteiger partial charge < -0.3 is 85.1 Å². The fraction of sp³-hybridized carbons (Fsp3) is 0.527. The Bertz CT molecular complexity index is 2790. The van der Waals surface area contributed by atoms with Crippen molar-refractivity contribution in [1.82, 2.24) is 53.2 Å². The van der Waals surface area contributed by atoms with Gasteiger partial charge in [0.25, 0.3) is 0 Å². The highest BCUT2D eigenvalue weighted by atomic mass is 32.2. The van der Waals surface area contributed by atoms with Crippen molar-refractivity contribution in [3.05, 3.63) is 59.7 Å². The molecule has 3 rings (SSSR count).